The van der Waals surface area contributed by atoms with Gasteiger partial charge in [-0.05, 0) is 43.0 Å². The molecule has 2 rings (SSSR count). The molecule has 0 aromatic heterocycles. The fourth-order valence-electron chi connectivity index (χ4n) is 2.65. The minimum Gasteiger partial charge on any atom is -0.490 e. The summed E-state index contributed by atoms with van der Waals surface area (Å²) >= 11 is 0. The molecule has 0 saturated carbocycles. The second-order valence-electron chi connectivity index (χ2n) is 6.55. The van der Waals surface area contributed by atoms with Crippen LogP contribution in [0.4, 0.5) is 17.6 Å². The van der Waals surface area contributed by atoms with Gasteiger partial charge in [0, 0.05) is 0 Å². The van der Waals surface area contributed by atoms with Crippen molar-refractivity contribution in [2.24, 2.45) is 0 Å². The van der Waals surface area contributed by atoms with Crippen LogP contribution >= 0.6 is 0 Å². The highest BCUT2D eigenvalue weighted by Crippen LogP contribution is 2.23. The maximum absolute atomic E-state index is 14.2. The van der Waals surface area contributed by atoms with E-state index in [2.05, 4.69) is 11.8 Å². The van der Waals surface area contributed by atoms with Crippen molar-refractivity contribution in [3.63, 3.8) is 0 Å². The molecule has 0 spiro atoms. The van der Waals surface area contributed by atoms with Crippen molar-refractivity contribution in [2.45, 2.75) is 52.4 Å². The van der Waals surface area contributed by atoms with Crippen LogP contribution in [0.25, 0.3) is 0 Å². The Kier molecular flexibility index (Phi) is 8.38. The monoisotopic (exact) mass is 392 g/mol. The van der Waals surface area contributed by atoms with Crippen LogP contribution in [0.2, 0.25) is 0 Å². The normalized spacial score (nSPS) is 10.5. The van der Waals surface area contributed by atoms with Gasteiger partial charge in [-0.1, -0.05) is 51.0 Å². The highest BCUT2D eigenvalue weighted by molar-refractivity contribution is 5.47. The number of hydrogen-bond donors (Lipinski definition) is 0. The van der Waals surface area contributed by atoms with E-state index in [0.29, 0.717) is 12.0 Å². The Morgan fingerprint density at radius 2 is 1.32 bits per heavy atom. The van der Waals surface area contributed by atoms with Crippen LogP contribution in [0.1, 0.15) is 62.6 Å². The third kappa shape index (κ3) is 5.51. The molecule has 0 amide bonds. The summed E-state index contributed by atoms with van der Waals surface area (Å²) in [5.74, 6) is 0.270. The lowest BCUT2D eigenvalue weighted by atomic mass is 10.0. The van der Waals surface area contributed by atoms with Crippen LogP contribution in [-0.4, -0.2) is 6.61 Å². The van der Waals surface area contributed by atoms with Crippen LogP contribution in [0.3, 0.4) is 0 Å². The Bertz CT molecular complexity index is 796. The largest absolute Gasteiger partial charge is 0.490 e. The van der Waals surface area contributed by atoms with Gasteiger partial charge in [0.1, 0.15) is 0 Å². The number of rotatable bonds is 8. The van der Waals surface area contributed by atoms with Crippen LogP contribution in [0, 0.1) is 35.1 Å². The van der Waals surface area contributed by atoms with Crippen molar-refractivity contribution < 1.29 is 22.3 Å². The third-order valence-corrected chi connectivity index (χ3v) is 4.35. The summed E-state index contributed by atoms with van der Waals surface area (Å²) in [4.78, 5) is 0. The standard InChI is InChI=1S/C23H24F4O/c1-3-5-7-8-16-9-10-17(21(25)20(16)24)11-12-18-13-14-19(23(27)22(18)26)28-15-6-4-2/h9-10,13-14H,3-8,15H2,1-2H3. The third-order valence-electron chi connectivity index (χ3n) is 4.35. The average Bonchev–Trinajstić information content (AvgIpc) is 2.69. The zero-order valence-electron chi connectivity index (χ0n) is 16.2. The number of aryl methyl sites for hydroxylation is 1. The van der Waals surface area contributed by atoms with Gasteiger partial charge in [0.15, 0.2) is 23.2 Å². The Balaban J connectivity index is 2.21. The molecule has 150 valence electrons. The molecule has 0 saturated heterocycles. The summed E-state index contributed by atoms with van der Waals surface area (Å²) in [6.07, 6.45) is 4.73. The van der Waals surface area contributed by atoms with Crippen LogP contribution in [0.5, 0.6) is 5.75 Å². The second kappa shape index (κ2) is 10.8. The van der Waals surface area contributed by atoms with Gasteiger partial charge in [-0.25, -0.2) is 13.2 Å². The predicted octanol–water partition coefficient (Wildman–Crippen LogP) is 6.55. The average molecular weight is 392 g/mol. The van der Waals surface area contributed by atoms with Gasteiger partial charge in [0.25, 0.3) is 0 Å². The van der Waals surface area contributed by atoms with E-state index in [4.69, 9.17) is 4.74 Å². The van der Waals surface area contributed by atoms with Crippen LogP contribution < -0.4 is 4.74 Å². The molecule has 0 unspecified atom stereocenters. The van der Waals surface area contributed by atoms with Crippen molar-refractivity contribution in [1.29, 1.82) is 0 Å². The highest BCUT2D eigenvalue weighted by Gasteiger charge is 2.14. The second-order valence-corrected chi connectivity index (χ2v) is 6.55. The van der Waals surface area contributed by atoms with E-state index in [1.165, 1.54) is 24.3 Å². The molecular weight excluding hydrogens is 368 g/mol. The summed E-state index contributed by atoms with van der Waals surface area (Å²) in [5.41, 5.74) is -0.144. The number of ether oxygens (including phenoxy) is 1. The maximum Gasteiger partial charge on any atom is 0.201 e. The van der Waals surface area contributed by atoms with Crippen molar-refractivity contribution in [3.05, 3.63) is 64.2 Å². The summed E-state index contributed by atoms with van der Waals surface area (Å²) in [6, 6.07) is 5.40. The van der Waals surface area contributed by atoms with Crippen molar-refractivity contribution >= 4 is 0 Å². The minimum absolute atomic E-state index is 0.190. The maximum atomic E-state index is 14.2. The quantitative estimate of drug-likeness (QED) is 0.281. The summed E-state index contributed by atoms with van der Waals surface area (Å²) in [5, 5.41) is 0. The molecule has 2 aromatic carbocycles. The molecule has 0 aliphatic heterocycles. The van der Waals surface area contributed by atoms with Gasteiger partial charge in [-0.3, -0.25) is 0 Å². The number of halogens is 4. The van der Waals surface area contributed by atoms with Gasteiger partial charge in [0.2, 0.25) is 5.82 Å². The lowest BCUT2D eigenvalue weighted by molar-refractivity contribution is 0.288. The molecule has 0 radical (unpaired) electrons. The Hall–Kier alpha value is -2.48. The van der Waals surface area contributed by atoms with Gasteiger partial charge in [-0.15, -0.1) is 0 Å². The topological polar surface area (TPSA) is 9.23 Å². The Morgan fingerprint density at radius 1 is 0.714 bits per heavy atom. The highest BCUT2D eigenvalue weighted by atomic mass is 19.2. The molecule has 2 aromatic rings. The van der Waals surface area contributed by atoms with Gasteiger partial charge in [-0.2, -0.15) is 4.39 Å². The molecule has 0 fully saturated rings. The smallest absolute Gasteiger partial charge is 0.201 e. The van der Waals surface area contributed by atoms with Crippen LogP contribution in [0.15, 0.2) is 24.3 Å². The first-order valence-corrected chi connectivity index (χ1v) is 9.59. The van der Waals surface area contributed by atoms with E-state index >= 15 is 0 Å². The van der Waals surface area contributed by atoms with Crippen molar-refractivity contribution in [1.82, 2.24) is 0 Å². The number of benzene rings is 2. The summed E-state index contributed by atoms with van der Waals surface area (Å²) in [6.45, 7) is 4.27. The van der Waals surface area contributed by atoms with Gasteiger partial charge in [0.05, 0.1) is 17.7 Å². The SMILES string of the molecule is CCCCCc1ccc(C#Cc2ccc(OCCCC)c(F)c2F)c(F)c1F. The minimum atomic E-state index is -1.17. The molecule has 0 heterocycles. The molecule has 0 bridgehead atoms. The first-order chi connectivity index (χ1) is 13.5. The molecule has 28 heavy (non-hydrogen) atoms. The Labute approximate surface area is 163 Å². The first kappa shape index (κ1) is 21.8. The molecule has 0 N–H and O–H groups in total. The molecule has 1 nitrogen and oxygen atoms in total. The zero-order chi connectivity index (χ0) is 20.5. The van der Waals surface area contributed by atoms with Crippen molar-refractivity contribution in [2.75, 3.05) is 6.61 Å². The van der Waals surface area contributed by atoms with E-state index < -0.39 is 23.3 Å². The van der Waals surface area contributed by atoms with Gasteiger partial charge >= 0.3 is 0 Å². The number of hydrogen-bond acceptors (Lipinski definition) is 1. The van der Waals surface area contributed by atoms with E-state index in [1.807, 2.05) is 13.8 Å². The van der Waals surface area contributed by atoms with E-state index in [0.717, 1.165) is 32.1 Å². The summed E-state index contributed by atoms with van der Waals surface area (Å²) < 4.78 is 61.8. The van der Waals surface area contributed by atoms with E-state index in [-0.39, 0.29) is 23.5 Å². The first-order valence-electron chi connectivity index (χ1n) is 9.59. The molecule has 5 heteroatoms. The molecule has 0 aliphatic carbocycles. The Morgan fingerprint density at radius 3 is 1.96 bits per heavy atom. The predicted molar refractivity (Wildman–Crippen MR) is 102 cm³/mol. The lowest BCUT2D eigenvalue weighted by Gasteiger charge is -2.07. The fraction of sp³-hybridized carbons (Fsp3) is 0.391. The van der Waals surface area contributed by atoms with Gasteiger partial charge < -0.3 is 4.74 Å². The summed E-state index contributed by atoms with van der Waals surface area (Å²) in [7, 11) is 0. The number of unbranched alkanes of at least 4 members (excludes halogenated alkanes) is 3. The van der Waals surface area contributed by atoms with E-state index in [1.54, 1.807) is 0 Å². The molecule has 0 aliphatic rings. The molecule has 0 atom stereocenters. The van der Waals surface area contributed by atoms with Crippen molar-refractivity contribution in [3.8, 4) is 17.6 Å². The van der Waals surface area contributed by atoms with Crippen LogP contribution in [-0.2, 0) is 6.42 Å². The fourth-order valence-corrected chi connectivity index (χ4v) is 2.65. The zero-order valence-corrected chi connectivity index (χ0v) is 16.2. The van der Waals surface area contributed by atoms with E-state index in [9.17, 15) is 17.6 Å². The molecular formula is C23H24F4O. The lowest BCUT2D eigenvalue weighted by Crippen LogP contribution is -2.01.